The van der Waals surface area contributed by atoms with E-state index in [1.807, 2.05) is 30.3 Å². The number of carbonyl (C=O) groups excluding carboxylic acids is 2. The maximum absolute atomic E-state index is 13.6. The number of amides is 2. The highest BCUT2D eigenvalue weighted by molar-refractivity contribution is 5.95. The topological polar surface area (TPSA) is 43.9 Å². The van der Waals surface area contributed by atoms with Gasteiger partial charge in [-0.3, -0.25) is 14.5 Å². The first-order valence-corrected chi connectivity index (χ1v) is 14.6. The Labute approximate surface area is 256 Å². The number of halogens is 7. The Morgan fingerprint density at radius 1 is 0.867 bits per heavy atom. The van der Waals surface area contributed by atoms with Crippen molar-refractivity contribution in [1.29, 1.82) is 0 Å². The highest BCUT2D eigenvalue weighted by Crippen LogP contribution is 2.44. The lowest BCUT2D eigenvalue weighted by atomic mass is 9.73. The molecule has 0 radical (unpaired) electrons. The van der Waals surface area contributed by atoms with Crippen LogP contribution in [0.15, 0.2) is 72.8 Å². The van der Waals surface area contributed by atoms with E-state index < -0.39 is 47.2 Å². The van der Waals surface area contributed by atoms with Crippen LogP contribution in [0.2, 0.25) is 0 Å². The van der Waals surface area contributed by atoms with Crippen LogP contribution in [-0.2, 0) is 33.9 Å². The zero-order chi connectivity index (χ0) is 32.6. The summed E-state index contributed by atoms with van der Waals surface area (Å²) in [6.45, 7) is 1.20. The highest BCUT2D eigenvalue weighted by Gasteiger charge is 2.44. The molecule has 0 N–H and O–H groups in total. The van der Waals surface area contributed by atoms with E-state index in [1.54, 1.807) is 24.1 Å². The van der Waals surface area contributed by atoms with Gasteiger partial charge in [0.2, 0.25) is 11.8 Å². The number of hydrogen-bond acceptors (Lipinski definition) is 3. The van der Waals surface area contributed by atoms with Crippen LogP contribution in [0.1, 0.15) is 47.9 Å². The van der Waals surface area contributed by atoms with Crippen LogP contribution in [-0.4, -0.2) is 54.3 Å². The van der Waals surface area contributed by atoms with Crippen LogP contribution in [0.25, 0.3) is 0 Å². The molecule has 1 heterocycles. The molecule has 2 aliphatic rings. The fourth-order valence-corrected chi connectivity index (χ4v) is 6.56. The fourth-order valence-electron chi connectivity index (χ4n) is 6.56. The van der Waals surface area contributed by atoms with Gasteiger partial charge in [0.25, 0.3) is 0 Å². The van der Waals surface area contributed by atoms with E-state index in [0.717, 1.165) is 5.56 Å². The summed E-state index contributed by atoms with van der Waals surface area (Å²) < 4.78 is 94.0. The molecule has 0 spiro atoms. The molecular formula is C33H32F7N3O2. The Morgan fingerprint density at radius 3 is 1.98 bits per heavy atom. The molecule has 0 unspecified atom stereocenters. The SMILES string of the molecule is CN(C(=O)Cc1cc(C(F)(F)F)cc(C(F)(F)F)c1)[C@]1(c2ccccc2)CC[C@@H](N2CCN(c3ccc(F)cc3)C(=O)C2)CC1. The van der Waals surface area contributed by atoms with E-state index in [0.29, 0.717) is 56.6 Å². The third-order valence-corrected chi connectivity index (χ3v) is 9.02. The summed E-state index contributed by atoms with van der Waals surface area (Å²) in [5, 5.41) is 0. The molecule has 5 rings (SSSR count). The van der Waals surface area contributed by atoms with Crippen molar-refractivity contribution in [3.05, 3.63) is 101 Å². The number of anilines is 1. The number of carbonyl (C=O) groups is 2. The number of nitrogens with zero attached hydrogens (tertiary/aromatic N) is 3. The van der Waals surface area contributed by atoms with E-state index in [9.17, 15) is 40.3 Å². The van der Waals surface area contributed by atoms with E-state index in [-0.39, 0.29) is 30.1 Å². The van der Waals surface area contributed by atoms with Crippen molar-refractivity contribution in [2.24, 2.45) is 0 Å². The minimum absolute atomic E-state index is 0.0301. The average molecular weight is 636 g/mol. The number of rotatable bonds is 6. The molecule has 0 bridgehead atoms. The molecule has 45 heavy (non-hydrogen) atoms. The second-order valence-electron chi connectivity index (χ2n) is 11.7. The molecule has 1 aliphatic carbocycles. The Bertz CT molecular complexity index is 1480. The summed E-state index contributed by atoms with van der Waals surface area (Å²) in [4.78, 5) is 31.8. The quantitative estimate of drug-likeness (QED) is 0.273. The lowest BCUT2D eigenvalue weighted by Crippen LogP contribution is -2.57. The molecule has 0 atom stereocenters. The highest BCUT2D eigenvalue weighted by atomic mass is 19.4. The first kappa shape index (κ1) is 32.5. The molecule has 1 saturated carbocycles. The van der Waals surface area contributed by atoms with Gasteiger partial charge in [0, 0.05) is 31.9 Å². The summed E-state index contributed by atoms with van der Waals surface area (Å²) in [6, 6.07) is 16.2. The number of likely N-dealkylation sites (N-methyl/N-ethyl adjacent to an activating group) is 1. The Balaban J connectivity index is 1.33. The molecular weight excluding hydrogens is 603 g/mol. The van der Waals surface area contributed by atoms with Crippen LogP contribution in [0.5, 0.6) is 0 Å². The minimum atomic E-state index is -5.01. The van der Waals surface area contributed by atoms with Gasteiger partial charge in [-0.15, -0.1) is 0 Å². The molecule has 5 nitrogen and oxygen atoms in total. The Morgan fingerprint density at radius 2 is 1.44 bits per heavy atom. The Hall–Kier alpha value is -3.93. The van der Waals surface area contributed by atoms with E-state index in [4.69, 9.17) is 0 Å². The van der Waals surface area contributed by atoms with Crippen molar-refractivity contribution in [2.75, 3.05) is 31.6 Å². The van der Waals surface area contributed by atoms with Gasteiger partial charge in [-0.2, -0.15) is 26.3 Å². The van der Waals surface area contributed by atoms with Gasteiger partial charge in [-0.05, 0) is 79.3 Å². The van der Waals surface area contributed by atoms with Gasteiger partial charge in [-0.1, -0.05) is 30.3 Å². The summed E-state index contributed by atoms with van der Waals surface area (Å²) in [6.07, 6.45) is -8.49. The van der Waals surface area contributed by atoms with Crippen molar-refractivity contribution in [1.82, 2.24) is 9.80 Å². The van der Waals surface area contributed by atoms with Gasteiger partial charge in [0.15, 0.2) is 0 Å². The maximum atomic E-state index is 13.6. The van der Waals surface area contributed by atoms with Gasteiger partial charge in [0.1, 0.15) is 5.82 Å². The van der Waals surface area contributed by atoms with E-state index in [1.165, 1.54) is 17.0 Å². The summed E-state index contributed by atoms with van der Waals surface area (Å²) in [7, 11) is 1.54. The van der Waals surface area contributed by atoms with Gasteiger partial charge < -0.3 is 9.80 Å². The lowest BCUT2D eigenvalue weighted by Gasteiger charge is -2.49. The molecule has 1 saturated heterocycles. The van der Waals surface area contributed by atoms with Crippen molar-refractivity contribution in [2.45, 2.75) is 56.0 Å². The summed E-state index contributed by atoms with van der Waals surface area (Å²) in [5.74, 6) is -1.11. The molecule has 2 amide bonds. The third kappa shape index (κ3) is 7.00. The number of piperazine rings is 1. The molecule has 1 aliphatic heterocycles. The zero-order valence-electron chi connectivity index (χ0n) is 24.5. The van der Waals surface area contributed by atoms with Crippen LogP contribution in [0.4, 0.5) is 36.4 Å². The standard InChI is InChI=1S/C33H32F7N3O2/c1-41(29(44)19-22-17-24(32(35,36)37)20-25(18-22)33(38,39)40)31(23-5-3-2-4-6-23)13-11-27(12-14-31)42-15-16-43(30(45)21-42)28-9-7-26(34)8-10-28/h2-10,17-18,20,27H,11-16,19,21H2,1H3/t27-,31-. The normalized spacial score (nSPS) is 21.6. The lowest BCUT2D eigenvalue weighted by molar-refractivity contribution is -0.144. The van der Waals surface area contributed by atoms with Gasteiger partial charge in [0.05, 0.1) is 29.6 Å². The second-order valence-corrected chi connectivity index (χ2v) is 11.7. The van der Waals surface area contributed by atoms with Crippen LogP contribution < -0.4 is 4.90 Å². The molecule has 3 aromatic rings. The van der Waals surface area contributed by atoms with Crippen molar-refractivity contribution in [3.8, 4) is 0 Å². The monoisotopic (exact) mass is 635 g/mol. The number of hydrogen-bond donors (Lipinski definition) is 0. The predicted molar refractivity (Wildman–Crippen MR) is 154 cm³/mol. The minimum Gasteiger partial charge on any atom is -0.336 e. The van der Waals surface area contributed by atoms with Crippen molar-refractivity contribution < 1.29 is 40.3 Å². The average Bonchev–Trinajstić information content (AvgIpc) is 3.00. The second kappa shape index (κ2) is 12.5. The van der Waals surface area contributed by atoms with Crippen molar-refractivity contribution >= 4 is 17.5 Å². The molecule has 12 heteroatoms. The zero-order valence-corrected chi connectivity index (χ0v) is 24.5. The first-order chi connectivity index (χ1) is 21.2. The van der Waals surface area contributed by atoms with Gasteiger partial charge in [-0.25, -0.2) is 4.39 Å². The van der Waals surface area contributed by atoms with E-state index in [2.05, 4.69) is 4.90 Å². The summed E-state index contributed by atoms with van der Waals surface area (Å²) >= 11 is 0. The largest absolute Gasteiger partial charge is 0.416 e. The van der Waals surface area contributed by atoms with E-state index >= 15 is 0 Å². The summed E-state index contributed by atoms with van der Waals surface area (Å²) in [5.41, 5.74) is -2.70. The number of alkyl halides is 6. The fraction of sp³-hybridized carbons (Fsp3) is 0.394. The third-order valence-electron chi connectivity index (χ3n) is 9.02. The molecule has 0 aromatic heterocycles. The van der Waals surface area contributed by atoms with Crippen LogP contribution in [0, 0.1) is 5.82 Å². The predicted octanol–water partition coefficient (Wildman–Crippen LogP) is 7.05. The molecule has 240 valence electrons. The van der Waals surface area contributed by atoms with Crippen molar-refractivity contribution in [3.63, 3.8) is 0 Å². The van der Waals surface area contributed by atoms with Crippen LogP contribution in [0.3, 0.4) is 0 Å². The number of benzene rings is 3. The maximum Gasteiger partial charge on any atom is 0.416 e. The van der Waals surface area contributed by atoms with Gasteiger partial charge >= 0.3 is 12.4 Å². The van der Waals surface area contributed by atoms with Crippen LogP contribution >= 0.6 is 0 Å². The molecule has 3 aromatic carbocycles. The molecule has 2 fully saturated rings. The first-order valence-electron chi connectivity index (χ1n) is 14.6. The Kier molecular flexibility index (Phi) is 8.99. The smallest absolute Gasteiger partial charge is 0.336 e.